The van der Waals surface area contributed by atoms with Gasteiger partial charge in [-0.2, -0.15) is 13.2 Å². The summed E-state index contributed by atoms with van der Waals surface area (Å²) in [6.07, 6.45) is -2.15. The first-order valence-corrected chi connectivity index (χ1v) is 14.0. The maximum atomic E-state index is 14.9. The van der Waals surface area contributed by atoms with Crippen molar-refractivity contribution in [3.63, 3.8) is 0 Å². The third kappa shape index (κ3) is 12.8. The molecule has 0 amide bonds. The summed E-state index contributed by atoms with van der Waals surface area (Å²) in [5, 5.41) is 0. The maximum absolute atomic E-state index is 14.9. The highest BCUT2D eigenvalue weighted by Gasteiger charge is 2.32. The number of halogens is 5. The average molecular weight is 627 g/mol. The van der Waals surface area contributed by atoms with E-state index in [0.717, 1.165) is 6.29 Å². The Balaban J connectivity index is 0.000000963. The summed E-state index contributed by atoms with van der Waals surface area (Å²) in [5.41, 5.74) is 4.40. The monoisotopic (exact) mass is 626 g/mol. The van der Waals surface area contributed by atoms with Crippen LogP contribution in [0.25, 0.3) is 5.57 Å². The zero-order valence-corrected chi connectivity index (χ0v) is 26.4. The number of aldehydes is 1. The Morgan fingerprint density at radius 2 is 1.64 bits per heavy atom. The molecule has 0 saturated carbocycles. The third-order valence-corrected chi connectivity index (χ3v) is 6.30. The highest BCUT2D eigenvalue weighted by Crippen LogP contribution is 2.37. The van der Waals surface area contributed by atoms with Gasteiger partial charge >= 0.3 is 12.1 Å². The van der Waals surface area contributed by atoms with Crippen LogP contribution in [-0.4, -0.2) is 36.7 Å². The molecular weight excluding hydrogens is 583 g/mol. The van der Waals surface area contributed by atoms with Gasteiger partial charge in [0.15, 0.2) is 5.83 Å². The molecule has 0 spiro atoms. The summed E-state index contributed by atoms with van der Waals surface area (Å²) >= 11 is 0. The van der Waals surface area contributed by atoms with Crippen molar-refractivity contribution < 1.29 is 36.3 Å². The Bertz CT molecular complexity index is 1370. The number of rotatable bonds is 11. The first-order chi connectivity index (χ1) is 20.5. The number of nitrogens with zero attached hydrogens (tertiary/aromatic N) is 1. The number of aryl methyl sites for hydroxylation is 2. The molecule has 1 heterocycles. The number of hydrogen-bond acceptors (Lipinski definition) is 5. The summed E-state index contributed by atoms with van der Waals surface area (Å²) in [5.74, 6) is -3.10. The van der Waals surface area contributed by atoms with Crippen molar-refractivity contribution in [1.82, 2.24) is 4.57 Å². The zero-order chi connectivity index (χ0) is 34.2. The predicted octanol–water partition coefficient (Wildman–Crippen LogP) is 7.82. The number of carbonyl (C=O) groups excluding carboxylic acids is 2. The van der Waals surface area contributed by atoms with Gasteiger partial charge in [-0.25, -0.2) is 8.78 Å². The molecule has 0 fully saturated rings. The number of pyridine rings is 1. The predicted molar refractivity (Wildman–Crippen MR) is 164 cm³/mol. The van der Waals surface area contributed by atoms with E-state index in [-0.39, 0.29) is 23.8 Å². The van der Waals surface area contributed by atoms with Crippen LogP contribution in [0.3, 0.4) is 0 Å². The molecule has 0 saturated heterocycles. The van der Waals surface area contributed by atoms with E-state index >= 15 is 0 Å². The van der Waals surface area contributed by atoms with Gasteiger partial charge in [0.05, 0.1) is 19.1 Å². The number of allylic oxidation sites excluding steroid dienone is 5. The Kier molecular flexibility index (Phi) is 17.7. The molecule has 6 nitrogen and oxygen atoms in total. The van der Waals surface area contributed by atoms with Gasteiger partial charge in [-0.1, -0.05) is 38.6 Å². The van der Waals surface area contributed by atoms with Crippen molar-refractivity contribution >= 4 is 17.8 Å². The average Bonchev–Trinajstić information content (AvgIpc) is 2.97. The second-order valence-corrected chi connectivity index (χ2v) is 10.1. The maximum Gasteiger partial charge on any atom is 0.415 e. The number of benzene rings is 1. The van der Waals surface area contributed by atoms with E-state index < -0.39 is 47.8 Å². The summed E-state index contributed by atoms with van der Waals surface area (Å²) < 4.78 is 74.3. The van der Waals surface area contributed by atoms with E-state index in [1.165, 1.54) is 17.7 Å². The Morgan fingerprint density at radius 3 is 2.14 bits per heavy atom. The topological polar surface area (TPSA) is 91.4 Å². The fourth-order valence-corrected chi connectivity index (χ4v) is 4.00. The molecule has 0 aliphatic heterocycles. The third-order valence-electron chi connectivity index (χ3n) is 6.30. The highest BCUT2D eigenvalue weighted by atomic mass is 19.4. The Hall–Kier alpha value is -3.86. The van der Waals surface area contributed by atoms with Gasteiger partial charge in [0.25, 0.3) is 5.56 Å². The number of nitrogens with two attached hydrogens (primary N) is 1. The van der Waals surface area contributed by atoms with Crippen molar-refractivity contribution in [2.24, 2.45) is 11.7 Å². The minimum absolute atomic E-state index is 0.0882. The largest absolute Gasteiger partial charge is 0.466 e. The zero-order valence-electron chi connectivity index (χ0n) is 26.4. The number of alkyl halides is 3. The second-order valence-electron chi connectivity index (χ2n) is 10.1. The molecule has 0 radical (unpaired) electrons. The van der Waals surface area contributed by atoms with Crippen LogP contribution < -0.4 is 11.3 Å². The van der Waals surface area contributed by atoms with Crippen LogP contribution in [-0.2, 0) is 14.3 Å². The highest BCUT2D eigenvalue weighted by molar-refractivity contribution is 5.83. The van der Waals surface area contributed by atoms with E-state index in [1.54, 1.807) is 58.2 Å². The van der Waals surface area contributed by atoms with Gasteiger partial charge < -0.3 is 19.8 Å². The second kappa shape index (κ2) is 19.4. The van der Waals surface area contributed by atoms with Crippen molar-refractivity contribution in [3.8, 4) is 0 Å². The summed E-state index contributed by atoms with van der Waals surface area (Å²) in [7, 11) is 1.50. The van der Waals surface area contributed by atoms with Gasteiger partial charge in [0.2, 0.25) is 0 Å². The molecule has 2 rings (SSSR count). The molecule has 44 heavy (non-hydrogen) atoms. The van der Waals surface area contributed by atoms with Crippen LogP contribution in [0.1, 0.15) is 68.3 Å². The molecule has 1 aromatic heterocycles. The van der Waals surface area contributed by atoms with Gasteiger partial charge in [0, 0.05) is 29.8 Å². The fraction of sp³-hybridized carbons (Fsp3) is 0.424. The number of hydrogen-bond donors (Lipinski definition) is 1. The van der Waals surface area contributed by atoms with Gasteiger partial charge in [-0.15, -0.1) is 0 Å². The lowest BCUT2D eigenvalue weighted by Gasteiger charge is -2.17. The van der Waals surface area contributed by atoms with Gasteiger partial charge in [-0.05, 0) is 81.5 Å². The van der Waals surface area contributed by atoms with E-state index in [1.807, 2.05) is 13.8 Å². The van der Waals surface area contributed by atoms with Crippen LogP contribution in [0.2, 0.25) is 0 Å². The molecule has 2 aromatic rings. The number of esters is 1. The van der Waals surface area contributed by atoms with Gasteiger partial charge in [-0.3, -0.25) is 9.59 Å². The standard InChI is InChI=1S/C21H23F5O2.C11H15NO2.CH5N/c1-6-28-18(27)10-9-17(22)20(23)16(11-14(4)21(24,25)26)19-13(3)8-7-12(2)15(19)5;1-9(2)7-10(8-13)12-6-4-3-5-11(12)14;1-2/h7-8,11H,4,6,9-10H2,1-3,5H3;3-6,8-10H,7H2,1-2H3;2H2,1H3/b16-11-,20-17+;;. The molecular formula is C33H43F5N2O4. The first-order valence-electron chi connectivity index (χ1n) is 14.0. The summed E-state index contributed by atoms with van der Waals surface area (Å²) in [4.78, 5) is 33.6. The molecule has 0 aliphatic carbocycles. The molecule has 11 heteroatoms. The minimum atomic E-state index is -4.79. The van der Waals surface area contributed by atoms with Gasteiger partial charge in [0.1, 0.15) is 12.1 Å². The molecule has 1 atom stereocenters. The van der Waals surface area contributed by atoms with Crippen molar-refractivity contribution in [2.45, 2.75) is 73.0 Å². The lowest BCUT2D eigenvalue weighted by molar-refractivity contribution is -0.143. The Morgan fingerprint density at radius 1 is 1.05 bits per heavy atom. The van der Waals surface area contributed by atoms with Crippen LogP contribution in [0.15, 0.2) is 71.2 Å². The number of aromatic nitrogens is 1. The van der Waals surface area contributed by atoms with Crippen LogP contribution in [0, 0.1) is 26.7 Å². The minimum Gasteiger partial charge on any atom is -0.466 e. The molecule has 1 aromatic carbocycles. The lowest BCUT2D eigenvalue weighted by atomic mass is 9.90. The SMILES string of the molecule is C=C(/C=C(\C(F)=C(/F)CCC(=O)OCC)c1c(C)ccc(C)c1C)C(F)(F)F.CC(C)CC(C=O)n1ccccc1=O.CN. The van der Waals surface area contributed by atoms with Crippen LogP contribution in [0.5, 0.6) is 0 Å². The van der Waals surface area contributed by atoms with E-state index in [0.29, 0.717) is 35.1 Å². The van der Waals surface area contributed by atoms with Crippen molar-refractivity contribution in [3.05, 3.63) is 99.0 Å². The van der Waals surface area contributed by atoms with E-state index in [2.05, 4.69) is 17.0 Å². The number of ether oxygens (including phenoxy) is 1. The number of carbonyl (C=O) groups is 2. The first kappa shape index (κ1) is 40.1. The summed E-state index contributed by atoms with van der Waals surface area (Å²) in [6.45, 7) is 13.6. The normalized spacial score (nSPS) is 12.6. The van der Waals surface area contributed by atoms with Crippen molar-refractivity contribution in [1.29, 1.82) is 0 Å². The molecule has 0 aliphatic rings. The van der Waals surface area contributed by atoms with Crippen LogP contribution in [0.4, 0.5) is 22.0 Å². The van der Waals surface area contributed by atoms with Crippen LogP contribution >= 0.6 is 0 Å². The van der Waals surface area contributed by atoms with E-state index in [4.69, 9.17) is 0 Å². The quantitative estimate of drug-likeness (QED) is 0.119. The molecule has 2 N–H and O–H groups in total. The Labute approximate surface area is 256 Å². The van der Waals surface area contributed by atoms with Crippen molar-refractivity contribution in [2.75, 3.05) is 13.7 Å². The fourth-order valence-electron chi connectivity index (χ4n) is 4.00. The molecule has 0 bridgehead atoms. The molecule has 244 valence electrons. The van der Waals surface area contributed by atoms with E-state index in [9.17, 15) is 36.3 Å². The molecule has 1 unspecified atom stereocenters. The lowest BCUT2D eigenvalue weighted by Crippen LogP contribution is -2.25. The summed E-state index contributed by atoms with van der Waals surface area (Å²) in [6, 6.07) is 7.93. The smallest absolute Gasteiger partial charge is 0.415 e.